The quantitative estimate of drug-likeness (QED) is 0.294. The van der Waals surface area contributed by atoms with Gasteiger partial charge in [-0.25, -0.2) is 0 Å². The Morgan fingerprint density at radius 1 is 1.40 bits per heavy atom. The Balaban J connectivity index is 3.38. The minimum absolute atomic E-state index is 0.132. The molecule has 3 nitrogen and oxygen atoms in total. The molecule has 0 fully saturated rings. The summed E-state index contributed by atoms with van der Waals surface area (Å²) in [6.07, 6.45) is 11.6. The van der Waals surface area contributed by atoms with Crippen molar-refractivity contribution in [1.29, 1.82) is 0 Å². The van der Waals surface area contributed by atoms with Crippen LogP contribution in [0.5, 0.6) is 0 Å². The molecule has 0 heterocycles. The molecule has 0 spiro atoms. The molecule has 1 amide bonds. The van der Waals surface area contributed by atoms with E-state index in [1.165, 1.54) is 6.08 Å². The summed E-state index contributed by atoms with van der Waals surface area (Å²) in [5, 5.41) is 2.68. The first-order chi connectivity index (χ1) is 7.31. The van der Waals surface area contributed by atoms with Crippen LogP contribution in [0.15, 0.2) is 42.0 Å². The monoisotopic (exact) mass is 206 g/mol. The van der Waals surface area contributed by atoms with Gasteiger partial charge in [-0.05, 0) is 25.5 Å². The highest BCUT2D eigenvalue weighted by Crippen LogP contribution is 1.80. The molecule has 0 bridgehead atoms. The fraction of sp³-hybridized carbons (Fsp3) is 0.333. The van der Waals surface area contributed by atoms with Crippen molar-refractivity contribution in [1.82, 2.24) is 5.32 Å². The van der Waals surface area contributed by atoms with E-state index in [9.17, 15) is 4.79 Å². The fourth-order valence-corrected chi connectivity index (χ4v) is 0.814. The molecule has 0 atom stereocenters. The topological polar surface area (TPSA) is 41.5 Å². The molecule has 0 radical (unpaired) electrons. The van der Waals surface area contributed by atoms with E-state index in [4.69, 9.17) is 0 Å². The fourth-order valence-electron chi connectivity index (χ4n) is 0.814. The molecule has 0 aromatic carbocycles. The summed E-state index contributed by atoms with van der Waals surface area (Å²) in [5.74, 6) is -0.132. The van der Waals surface area contributed by atoms with Crippen molar-refractivity contribution in [3.63, 3.8) is 0 Å². The molecule has 3 heteroatoms. The van der Waals surface area contributed by atoms with Crippen LogP contribution in [0.4, 0.5) is 0 Å². The molecule has 15 heavy (non-hydrogen) atoms. The zero-order valence-corrected chi connectivity index (χ0v) is 9.15. The Labute approximate surface area is 91.3 Å². The average molecular weight is 206 g/mol. The van der Waals surface area contributed by atoms with E-state index in [0.29, 0.717) is 6.54 Å². The summed E-state index contributed by atoms with van der Waals surface area (Å²) in [4.78, 5) is 14.9. The van der Waals surface area contributed by atoms with E-state index in [1.54, 1.807) is 6.21 Å². The smallest absolute Gasteiger partial charge is 0.243 e. The third-order valence-corrected chi connectivity index (χ3v) is 1.55. The Bertz CT molecular complexity index is 265. The summed E-state index contributed by atoms with van der Waals surface area (Å²) >= 11 is 0. The van der Waals surface area contributed by atoms with Crippen molar-refractivity contribution in [2.75, 3.05) is 13.1 Å². The largest absolute Gasteiger partial charge is 0.353 e. The highest BCUT2D eigenvalue weighted by atomic mass is 16.1. The Hall–Kier alpha value is -1.64. The van der Waals surface area contributed by atoms with Crippen LogP contribution in [0.3, 0.4) is 0 Å². The molecule has 0 aliphatic rings. The average Bonchev–Trinajstić information content (AvgIpc) is 2.26. The lowest BCUT2D eigenvalue weighted by Gasteiger charge is -1.98. The molecule has 82 valence electrons. The van der Waals surface area contributed by atoms with Gasteiger partial charge in [-0.2, -0.15) is 0 Å². The number of carbonyl (C=O) groups excluding carboxylic acids is 1. The van der Waals surface area contributed by atoms with Crippen LogP contribution >= 0.6 is 0 Å². The first-order valence-electron chi connectivity index (χ1n) is 4.99. The van der Waals surface area contributed by atoms with Crippen molar-refractivity contribution in [2.45, 2.75) is 13.3 Å². The van der Waals surface area contributed by atoms with Crippen LogP contribution in [0, 0.1) is 0 Å². The summed E-state index contributed by atoms with van der Waals surface area (Å²) in [6.45, 7) is 6.68. The third kappa shape index (κ3) is 10.3. The Morgan fingerprint density at radius 3 is 2.87 bits per heavy atom. The van der Waals surface area contributed by atoms with Crippen LogP contribution in [-0.2, 0) is 4.79 Å². The molecule has 0 unspecified atom stereocenters. The maximum atomic E-state index is 10.7. The van der Waals surface area contributed by atoms with E-state index in [1.807, 2.05) is 31.2 Å². The van der Waals surface area contributed by atoms with Crippen LogP contribution in [0.25, 0.3) is 0 Å². The van der Waals surface area contributed by atoms with Crippen molar-refractivity contribution >= 4 is 12.1 Å². The number of hydrogen-bond acceptors (Lipinski definition) is 2. The Kier molecular flexibility index (Phi) is 9.30. The summed E-state index contributed by atoms with van der Waals surface area (Å²) in [6, 6.07) is 0. The van der Waals surface area contributed by atoms with Gasteiger partial charge < -0.3 is 5.32 Å². The normalized spacial score (nSPS) is 11.5. The molecule has 0 aliphatic carbocycles. The molecule has 0 aromatic heterocycles. The van der Waals surface area contributed by atoms with Gasteiger partial charge in [-0.1, -0.05) is 24.8 Å². The highest BCUT2D eigenvalue weighted by Gasteiger charge is 1.90. The second-order valence-corrected chi connectivity index (χ2v) is 2.81. The van der Waals surface area contributed by atoms with E-state index < -0.39 is 0 Å². The molecule has 0 aromatic rings. The van der Waals surface area contributed by atoms with Crippen LogP contribution in [0.2, 0.25) is 0 Å². The van der Waals surface area contributed by atoms with Gasteiger partial charge in [-0.15, -0.1) is 0 Å². The minimum Gasteiger partial charge on any atom is -0.353 e. The molecule has 1 N–H and O–H groups in total. The predicted molar refractivity (Wildman–Crippen MR) is 65.1 cm³/mol. The summed E-state index contributed by atoms with van der Waals surface area (Å²) in [5.41, 5.74) is 0. The number of amides is 1. The van der Waals surface area contributed by atoms with Gasteiger partial charge >= 0.3 is 0 Å². The third-order valence-electron chi connectivity index (χ3n) is 1.55. The van der Waals surface area contributed by atoms with Gasteiger partial charge in [0.1, 0.15) is 0 Å². The second kappa shape index (κ2) is 10.4. The maximum absolute atomic E-state index is 10.7. The van der Waals surface area contributed by atoms with Crippen molar-refractivity contribution in [2.24, 2.45) is 4.99 Å². The summed E-state index contributed by atoms with van der Waals surface area (Å²) < 4.78 is 0. The molecule has 0 saturated heterocycles. The minimum atomic E-state index is -0.132. The summed E-state index contributed by atoms with van der Waals surface area (Å²) in [7, 11) is 0. The standard InChI is InChI=1S/C12H18N2O/c1-3-5-6-7-9-13-10-8-11-14-12(15)4-2/h3-7,9H,2,8,10-11H2,1H3,(H,14,15)/b5-3-,7-6-,13-9+. The lowest BCUT2D eigenvalue weighted by Crippen LogP contribution is -2.22. The van der Waals surface area contributed by atoms with Crippen molar-refractivity contribution in [3.8, 4) is 0 Å². The zero-order chi connectivity index (χ0) is 11.4. The first-order valence-corrected chi connectivity index (χ1v) is 4.99. The Morgan fingerprint density at radius 2 is 2.20 bits per heavy atom. The molecular formula is C12H18N2O. The van der Waals surface area contributed by atoms with Gasteiger partial charge in [0.05, 0.1) is 0 Å². The molecule has 0 aliphatic heterocycles. The van der Waals surface area contributed by atoms with Crippen LogP contribution < -0.4 is 5.32 Å². The molecule has 0 rings (SSSR count). The number of nitrogens with zero attached hydrogens (tertiary/aromatic N) is 1. The zero-order valence-electron chi connectivity index (χ0n) is 9.15. The number of carbonyl (C=O) groups is 1. The van der Waals surface area contributed by atoms with E-state index in [2.05, 4.69) is 16.9 Å². The van der Waals surface area contributed by atoms with Gasteiger partial charge in [0.25, 0.3) is 0 Å². The van der Waals surface area contributed by atoms with Crippen LogP contribution in [0.1, 0.15) is 13.3 Å². The number of nitrogens with one attached hydrogen (secondary N) is 1. The van der Waals surface area contributed by atoms with Crippen LogP contribution in [-0.4, -0.2) is 25.2 Å². The number of allylic oxidation sites excluding steroid dienone is 4. The number of aliphatic imine (C=N–C) groups is 1. The van der Waals surface area contributed by atoms with E-state index >= 15 is 0 Å². The lowest BCUT2D eigenvalue weighted by molar-refractivity contribution is -0.116. The lowest BCUT2D eigenvalue weighted by atomic mass is 10.4. The van der Waals surface area contributed by atoms with Gasteiger partial charge in [0, 0.05) is 19.3 Å². The van der Waals surface area contributed by atoms with E-state index in [0.717, 1.165) is 13.0 Å². The highest BCUT2D eigenvalue weighted by molar-refractivity contribution is 5.86. The SMILES string of the molecule is C=CC(=O)NCCC/N=C/C=C\C=C/C. The van der Waals surface area contributed by atoms with Gasteiger partial charge in [-0.3, -0.25) is 9.79 Å². The predicted octanol–water partition coefficient (Wildman–Crippen LogP) is 1.88. The first kappa shape index (κ1) is 13.4. The molecule has 0 saturated carbocycles. The van der Waals surface area contributed by atoms with Gasteiger partial charge in [0.2, 0.25) is 5.91 Å². The number of hydrogen-bond donors (Lipinski definition) is 1. The van der Waals surface area contributed by atoms with E-state index in [-0.39, 0.29) is 5.91 Å². The molecular weight excluding hydrogens is 188 g/mol. The number of rotatable bonds is 7. The van der Waals surface area contributed by atoms with Crippen molar-refractivity contribution < 1.29 is 4.79 Å². The maximum Gasteiger partial charge on any atom is 0.243 e. The second-order valence-electron chi connectivity index (χ2n) is 2.81. The van der Waals surface area contributed by atoms with Gasteiger partial charge in [0.15, 0.2) is 0 Å². The van der Waals surface area contributed by atoms with Crippen molar-refractivity contribution in [3.05, 3.63) is 37.0 Å².